The van der Waals surface area contributed by atoms with Gasteiger partial charge < -0.3 is 0 Å². The van der Waals surface area contributed by atoms with Crippen LogP contribution in [0.25, 0.3) is 0 Å². The second-order valence-corrected chi connectivity index (χ2v) is 0. The quantitative estimate of drug-likeness (QED) is 0.463. The highest BCUT2D eigenvalue weighted by Crippen LogP contribution is 0.558. The van der Waals surface area contributed by atoms with Crippen LogP contribution in [0.1, 0.15) is 0 Å². The van der Waals surface area contributed by atoms with Crippen LogP contribution >= 0.6 is 0 Å². The van der Waals surface area contributed by atoms with E-state index in [0.717, 1.165) is 0 Å². The van der Waals surface area contributed by atoms with Crippen molar-refractivity contribution < 1.29 is 27.7 Å². The molecular formula is H5F5OS. The fourth-order valence-electron chi connectivity index (χ4n) is 0. The minimum Gasteiger partial charge on any atom is -0.269 e. The lowest BCUT2D eigenvalue weighted by Gasteiger charge is -0.734. The molecule has 0 radical (unpaired) electrons. The SMILES string of the molecule is F.F.F.F.F.O=S. The van der Waals surface area contributed by atoms with Gasteiger partial charge in [0.15, 0.2) is 12.5 Å². The Morgan fingerprint density at radius 1 is 0.571 bits per heavy atom. The molecule has 0 aliphatic heterocycles. The molecule has 0 saturated heterocycles. The lowest BCUT2D eigenvalue weighted by atomic mass is 16.0. The minimum atomic E-state index is 0. The van der Waals surface area contributed by atoms with E-state index >= 15 is 0 Å². The van der Waals surface area contributed by atoms with Crippen LogP contribution in [0.5, 0.6) is 0 Å². The highest BCUT2D eigenvalue weighted by molar-refractivity contribution is 7.44. The third kappa shape index (κ3) is 701. The molecule has 0 aliphatic carbocycles. The molecule has 0 amide bonds. The predicted molar refractivity (Wildman–Crippen MR) is 20.7 cm³/mol. The summed E-state index contributed by atoms with van der Waals surface area (Å²) >= 11 is 2.83. The van der Waals surface area contributed by atoms with Crippen molar-refractivity contribution in [1.82, 2.24) is 0 Å². The first-order chi connectivity index (χ1) is 1.00. The molecule has 0 aliphatic rings. The second kappa shape index (κ2) is 1140. The van der Waals surface area contributed by atoms with E-state index < -0.39 is 0 Å². The molecule has 0 heterocycles. The highest BCUT2D eigenvalue weighted by atomic mass is 32.1. The lowest BCUT2D eigenvalue weighted by molar-refractivity contribution is 0.702. The minimum absolute atomic E-state index is 0. The zero-order valence-electron chi connectivity index (χ0n) is 2.86. The summed E-state index contributed by atoms with van der Waals surface area (Å²) in [4.78, 5) is 0. The Morgan fingerprint density at radius 3 is 0.571 bits per heavy atom. The zero-order valence-corrected chi connectivity index (χ0v) is 3.67. The van der Waals surface area contributed by atoms with Gasteiger partial charge in [-0.15, -0.1) is 0 Å². The molecular weight excluding hydrogens is 143 g/mol. The average molecular weight is 148 g/mol. The van der Waals surface area contributed by atoms with Crippen molar-refractivity contribution in [3.05, 3.63) is 0 Å². The van der Waals surface area contributed by atoms with E-state index in [2.05, 4.69) is 12.5 Å². The largest absolute Gasteiger partial charge is 0.269 e. The Kier molecular flexibility index (Phi) is 77500. The first-order valence-corrected chi connectivity index (χ1v) is 0.500. The van der Waals surface area contributed by atoms with Crippen LogP contribution in [0.15, 0.2) is 0 Å². The van der Waals surface area contributed by atoms with Gasteiger partial charge in [0.1, 0.15) is 0 Å². The van der Waals surface area contributed by atoms with Crippen LogP contribution in [0, 0.1) is 0 Å². The van der Waals surface area contributed by atoms with Crippen molar-refractivity contribution >= 4 is 12.5 Å². The fourth-order valence-corrected chi connectivity index (χ4v) is 0. The van der Waals surface area contributed by atoms with Crippen molar-refractivity contribution in [2.75, 3.05) is 0 Å². The summed E-state index contributed by atoms with van der Waals surface area (Å²) in [6, 6.07) is 0. The van der Waals surface area contributed by atoms with Gasteiger partial charge in [-0.2, -0.15) is 4.21 Å². The normalized spacial score (nSPS) is 0.571. The van der Waals surface area contributed by atoms with E-state index in [-0.39, 0.29) is 23.5 Å². The molecule has 0 aromatic rings. The zero-order chi connectivity index (χ0) is 2.00. The summed E-state index contributed by atoms with van der Waals surface area (Å²) in [6.07, 6.45) is 0. The molecule has 0 rings (SSSR count). The van der Waals surface area contributed by atoms with E-state index in [4.69, 9.17) is 4.21 Å². The summed E-state index contributed by atoms with van der Waals surface area (Å²) in [6.45, 7) is 0. The van der Waals surface area contributed by atoms with Crippen molar-refractivity contribution in [2.24, 2.45) is 0 Å². The van der Waals surface area contributed by atoms with Crippen LogP contribution in [0.2, 0.25) is 0 Å². The van der Waals surface area contributed by atoms with Crippen molar-refractivity contribution in [3.8, 4) is 0 Å². The van der Waals surface area contributed by atoms with Crippen LogP contribution in [0.3, 0.4) is 0 Å². The van der Waals surface area contributed by atoms with Gasteiger partial charge in [-0.05, 0) is 0 Å². The Bertz CT molecular complexity index is 8.04. The molecule has 0 N–H and O–H groups in total. The molecule has 0 fully saturated rings. The lowest BCUT2D eigenvalue weighted by Crippen LogP contribution is -0.894. The molecule has 0 aromatic heterocycles. The van der Waals surface area contributed by atoms with Gasteiger partial charge in [0.25, 0.3) is 0 Å². The number of hydrogen-bond donors (Lipinski definition) is 0. The molecule has 0 unspecified atom stereocenters. The number of halogens is 5. The summed E-state index contributed by atoms with van der Waals surface area (Å²) in [5.41, 5.74) is 0. The van der Waals surface area contributed by atoms with Crippen LogP contribution in [-0.2, 0) is 12.5 Å². The number of hydrogen-bond acceptors (Lipinski definition) is 2. The average Bonchev–Trinajstić information content (AvgIpc) is 1.00. The molecule has 1 nitrogen and oxygen atoms in total. The van der Waals surface area contributed by atoms with Gasteiger partial charge in [0.2, 0.25) is 0 Å². The Balaban J connectivity index is -0.000000000500. The van der Waals surface area contributed by atoms with Crippen molar-refractivity contribution in [2.45, 2.75) is 0 Å². The van der Waals surface area contributed by atoms with E-state index in [9.17, 15) is 0 Å². The van der Waals surface area contributed by atoms with Gasteiger partial charge in [-0.1, -0.05) is 0 Å². The maximum Gasteiger partial charge on any atom is 0.197 e. The Hall–Kier alpha value is -0.330. The molecule has 0 spiro atoms. The van der Waals surface area contributed by atoms with Gasteiger partial charge in [0, 0.05) is 0 Å². The van der Waals surface area contributed by atoms with E-state index in [1.807, 2.05) is 0 Å². The predicted octanol–water partition coefficient (Wildman–Crippen LogP) is 0.426. The van der Waals surface area contributed by atoms with Gasteiger partial charge in [-0.25, -0.2) is 0 Å². The van der Waals surface area contributed by atoms with Gasteiger partial charge in [-0.3, -0.25) is 23.5 Å². The molecule has 7 heavy (non-hydrogen) atoms. The molecule has 0 saturated carbocycles. The third-order valence-corrected chi connectivity index (χ3v) is 0. The van der Waals surface area contributed by atoms with Crippen LogP contribution in [-0.4, -0.2) is 4.21 Å². The van der Waals surface area contributed by atoms with Crippen LogP contribution in [0.4, 0.5) is 23.5 Å². The maximum atomic E-state index is 7.83. The third-order valence-electron chi connectivity index (χ3n) is 0. The standard InChI is InChI=1S/5FH.OS/c;;;;;1-2/h5*1H;. The van der Waals surface area contributed by atoms with E-state index in [0.29, 0.717) is 0 Å². The van der Waals surface area contributed by atoms with Gasteiger partial charge >= 0.3 is 0 Å². The summed E-state index contributed by atoms with van der Waals surface area (Å²) in [5.74, 6) is 0. The summed E-state index contributed by atoms with van der Waals surface area (Å²) in [5, 5.41) is 0. The van der Waals surface area contributed by atoms with Crippen molar-refractivity contribution in [3.63, 3.8) is 0 Å². The van der Waals surface area contributed by atoms with Gasteiger partial charge in [0.05, 0.1) is 0 Å². The first kappa shape index (κ1) is 478. The topological polar surface area (TPSA) is 17.1 Å². The fraction of sp³-hybridized carbons (Fsp3) is 0. The van der Waals surface area contributed by atoms with E-state index in [1.54, 1.807) is 0 Å². The molecule has 52 valence electrons. The molecule has 0 atom stereocenters. The second-order valence-electron chi connectivity index (χ2n) is 0. The Morgan fingerprint density at radius 2 is 0.571 bits per heavy atom. The molecule has 0 bridgehead atoms. The first-order valence-electron chi connectivity index (χ1n) is 0.167. The van der Waals surface area contributed by atoms with Crippen molar-refractivity contribution in [1.29, 1.82) is 0 Å². The molecule has 7 heteroatoms. The van der Waals surface area contributed by atoms with Crippen LogP contribution < -0.4 is 0 Å². The maximum absolute atomic E-state index is 7.83. The summed E-state index contributed by atoms with van der Waals surface area (Å²) < 4.78 is 7.83. The van der Waals surface area contributed by atoms with E-state index in [1.165, 1.54) is 0 Å². The number of rotatable bonds is 0. The summed E-state index contributed by atoms with van der Waals surface area (Å²) in [7, 11) is 0. The smallest absolute Gasteiger partial charge is 0.197 e. The monoisotopic (exact) mass is 148 g/mol. The molecule has 0 aromatic carbocycles. The Labute approximate surface area is 41.5 Å². The highest BCUT2D eigenvalue weighted by Gasteiger charge is 0.734.